The van der Waals surface area contributed by atoms with Gasteiger partial charge in [-0.3, -0.25) is 14.9 Å². The second kappa shape index (κ2) is 9.61. The predicted octanol–water partition coefficient (Wildman–Crippen LogP) is 2.70. The monoisotopic (exact) mass is 431 g/mol. The van der Waals surface area contributed by atoms with Gasteiger partial charge in [0.1, 0.15) is 0 Å². The standard InChI is InChI=1S/C20H21N3O6S/c24-20(12-5-15-3-8-17(9-4-15)23(25)26)22-16-6-10-19(11-7-16)30(27,28)21-14-18-2-1-13-29-18/h3-12,18,21H,1-2,13-14H2,(H,22,24)/b12-5+. The van der Waals surface area contributed by atoms with Crippen LogP contribution in [0, 0.1) is 10.1 Å². The molecule has 30 heavy (non-hydrogen) atoms. The van der Waals surface area contributed by atoms with Crippen molar-refractivity contribution in [2.75, 3.05) is 18.5 Å². The van der Waals surface area contributed by atoms with E-state index >= 15 is 0 Å². The summed E-state index contributed by atoms with van der Waals surface area (Å²) in [5.41, 5.74) is 1.04. The average Bonchev–Trinajstić information content (AvgIpc) is 3.25. The summed E-state index contributed by atoms with van der Waals surface area (Å²) in [6, 6.07) is 11.6. The van der Waals surface area contributed by atoms with Crippen molar-refractivity contribution in [3.63, 3.8) is 0 Å². The van der Waals surface area contributed by atoms with Gasteiger partial charge in [0.15, 0.2) is 0 Å². The Kier molecular flexibility index (Phi) is 6.93. The summed E-state index contributed by atoms with van der Waals surface area (Å²) in [7, 11) is -3.65. The predicted molar refractivity (Wildman–Crippen MR) is 111 cm³/mol. The zero-order valence-electron chi connectivity index (χ0n) is 16.0. The SMILES string of the molecule is O=C(/C=C/c1ccc([N+](=O)[O-])cc1)Nc1ccc(S(=O)(=O)NCC2CCCO2)cc1. The molecule has 2 aromatic carbocycles. The number of benzene rings is 2. The first kappa shape index (κ1) is 21.6. The third-order valence-electron chi connectivity index (χ3n) is 4.49. The Morgan fingerprint density at radius 1 is 1.17 bits per heavy atom. The van der Waals surface area contributed by atoms with Crippen LogP contribution in [0.25, 0.3) is 6.08 Å². The van der Waals surface area contributed by atoms with Crippen molar-refractivity contribution in [1.82, 2.24) is 4.72 Å². The lowest BCUT2D eigenvalue weighted by molar-refractivity contribution is -0.384. The number of rotatable bonds is 8. The second-order valence-corrected chi connectivity index (χ2v) is 8.45. The van der Waals surface area contributed by atoms with Crippen LogP contribution in [-0.4, -0.2) is 38.5 Å². The number of anilines is 1. The number of sulfonamides is 1. The first-order valence-electron chi connectivity index (χ1n) is 9.28. The molecule has 1 aliphatic rings. The topological polar surface area (TPSA) is 128 Å². The normalized spacial score (nSPS) is 16.6. The maximum Gasteiger partial charge on any atom is 0.269 e. The molecule has 1 aliphatic heterocycles. The molecule has 9 nitrogen and oxygen atoms in total. The van der Waals surface area contributed by atoms with Gasteiger partial charge in [0.2, 0.25) is 15.9 Å². The zero-order chi connectivity index (χ0) is 21.6. The van der Waals surface area contributed by atoms with E-state index in [0.717, 1.165) is 12.8 Å². The van der Waals surface area contributed by atoms with Crippen LogP contribution in [0.15, 0.2) is 59.5 Å². The molecule has 1 atom stereocenters. The Morgan fingerprint density at radius 3 is 2.47 bits per heavy atom. The Labute approximate surface area is 174 Å². The molecule has 2 aromatic rings. The number of carbonyl (C=O) groups is 1. The summed E-state index contributed by atoms with van der Waals surface area (Å²) in [5.74, 6) is -0.416. The van der Waals surface area contributed by atoms with Crippen LogP contribution in [0.2, 0.25) is 0 Å². The van der Waals surface area contributed by atoms with E-state index in [1.165, 1.54) is 60.7 Å². The molecule has 1 fully saturated rings. The maximum atomic E-state index is 12.3. The molecule has 2 N–H and O–H groups in total. The number of amides is 1. The minimum atomic E-state index is -3.65. The highest BCUT2D eigenvalue weighted by Crippen LogP contribution is 2.16. The molecule has 0 saturated carbocycles. The lowest BCUT2D eigenvalue weighted by Gasteiger charge is -2.11. The van der Waals surface area contributed by atoms with Crippen LogP contribution in [0.4, 0.5) is 11.4 Å². The molecule has 0 spiro atoms. The number of nitro benzene ring substituents is 1. The fourth-order valence-electron chi connectivity index (χ4n) is 2.87. The van der Waals surface area contributed by atoms with E-state index in [1.807, 2.05) is 0 Å². The molecule has 0 aliphatic carbocycles. The lowest BCUT2D eigenvalue weighted by atomic mass is 10.2. The molecule has 158 valence electrons. The van der Waals surface area contributed by atoms with E-state index in [9.17, 15) is 23.3 Å². The van der Waals surface area contributed by atoms with Crippen molar-refractivity contribution in [2.24, 2.45) is 0 Å². The molecule has 0 bridgehead atoms. The molecule has 3 rings (SSSR count). The molecule has 1 heterocycles. The number of hydrogen-bond acceptors (Lipinski definition) is 6. The molecule has 1 unspecified atom stereocenters. The summed E-state index contributed by atoms with van der Waals surface area (Å²) in [5, 5.41) is 13.3. The van der Waals surface area contributed by atoms with Gasteiger partial charge in [-0.2, -0.15) is 0 Å². The fourth-order valence-corrected chi connectivity index (χ4v) is 3.94. The van der Waals surface area contributed by atoms with Crippen molar-refractivity contribution >= 4 is 33.4 Å². The van der Waals surface area contributed by atoms with Gasteiger partial charge >= 0.3 is 0 Å². The van der Waals surface area contributed by atoms with E-state index < -0.39 is 20.9 Å². The first-order valence-corrected chi connectivity index (χ1v) is 10.8. The smallest absolute Gasteiger partial charge is 0.269 e. The van der Waals surface area contributed by atoms with Gasteiger partial charge in [-0.15, -0.1) is 0 Å². The number of hydrogen-bond donors (Lipinski definition) is 2. The average molecular weight is 431 g/mol. The van der Waals surface area contributed by atoms with Crippen LogP contribution in [0.3, 0.4) is 0 Å². The zero-order valence-corrected chi connectivity index (χ0v) is 16.8. The van der Waals surface area contributed by atoms with Crippen molar-refractivity contribution in [1.29, 1.82) is 0 Å². The van der Waals surface area contributed by atoms with Crippen LogP contribution in [-0.2, 0) is 19.6 Å². The van der Waals surface area contributed by atoms with Crippen molar-refractivity contribution < 1.29 is 22.9 Å². The van der Waals surface area contributed by atoms with Gasteiger partial charge in [-0.1, -0.05) is 0 Å². The minimum Gasteiger partial charge on any atom is -0.377 e. The van der Waals surface area contributed by atoms with E-state index in [2.05, 4.69) is 10.0 Å². The number of nitrogens with one attached hydrogen (secondary N) is 2. The van der Waals surface area contributed by atoms with Crippen LogP contribution < -0.4 is 10.0 Å². The molecule has 1 amide bonds. The highest BCUT2D eigenvalue weighted by molar-refractivity contribution is 7.89. The fraction of sp³-hybridized carbons (Fsp3) is 0.250. The first-order chi connectivity index (χ1) is 14.3. The van der Waals surface area contributed by atoms with Crippen molar-refractivity contribution in [2.45, 2.75) is 23.8 Å². The summed E-state index contributed by atoms with van der Waals surface area (Å²) >= 11 is 0. The van der Waals surface area contributed by atoms with Crippen molar-refractivity contribution in [3.05, 3.63) is 70.3 Å². The van der Waals surface area contributed by atoms with Crippen molar-refractivity contribution in [3.8, 4) is 0 Å². The largest absolute Gasteiger partial charge is 0.377 e. The van der Waals surface area contributed by atoms with Crippen LogP contribution in [0.5, 0.6) is 0 Å². The summed E-state index contributed by atoms with van der Waals surface area (Å²) in [6.45, 7) is 0.883. The number of nitrogens with zero attached hydrogens (tertiary/aromatic N) is 1. The van der Waals surface area contributed by atoms with Gasteiger partial charge < -0.3 is 10.1 Å². The highest BCUT2D eigenvalue weighted by atomic mass is 32.2. The van der Waals surface area contributed by atoms with E-state index in [4.69, 9.17) is 4.74 Å². The van der Waals surface area contributed by atoms with Gasteiger partial charge in [0.25, 0.3) is 5.69 Å². The third-order valence-corrected chi connectivity index (χ3v) is 5.93. The van der Waals surface area contributed by atoms with Gasteiger partial charge in [0, 0.05) is 37.0 Å². The highest BCUT2D eigenvalue weighted by Gasteiger charge is 2.20. The molecule has 0 aromatic heterocycles. The van der Waals surface area contributed by atoms with Crippen LogP contribution in [0.1, 0.15) is 18.4 Å². The quantitative estimate of drug-likeness (QED) is 0.376. The number of ether oxygens (including phenoxy) is 1. The number of carbonyl (C=O) groups excluding carboxylic acids is 1. The van der Waals surface area contributed by atoms with E-state index in [0.29, 0.717) is 17.9 Å². The van der Waals surface area contributed by atoms with Gasteiger partial charge in [-0.05, 0) is 60.9 Å². The summed E-state index contributed by atoms with van der Waals surface area (Å²) < 4.78 is 32.6. The molecule has 0 radical (unpaired) electrons. The van der Waals surface area contributed by atoms with E-state index in [1.54, 1.807) is 0 Å². The molecule has 10 heteroatoms. The summed E-state index contributed by atoms with van der Waals surface area (Å²) in [6.07, 6.45) is 4.48. The molecule has 1 saturated heterocycles. The number of nitro groups is 1. The third kappa shape index (κ3) is 5.96. The molecular formula is C20H21N3O6S. The van der Waals surface area contributed by atoms with Crippen LogP contribution >= 0.6 is 0 Å². The number of non-ortho nitro benzene ring substituents is 1. The van der Waals surface area contributed by atoms with E-state index in [-0.39, 0.29) is 23.2 Å². The maximum absolute atomic E-state index is 12.3. The van der Waals surface area contributed by atoms with Gasteiger partial charge in [-0.25, -0.2) is 13.1 Å². The Morgan fingerprint density at radius 2 is 1.87 bits per heavy atom. The van der Waals surface area contributed by atoms with Gasteiger partial charge in [0.05, 0.1) is 15.9 Å². The Balaban J connectivity index is 1.55. The second-order valence-electron chi connectivity index (χ2n) is 6.68. The lowest BCUT2D eigenvalue weighted by Crippen LogP contribution is -2.31. The minimum absolute atomic E-state index is 0.0306. The summed E-state index contributed by atoms with van der Waals surface area (Å²) in [4.78, 5) is 22.3. The molecular weight excluding hydrogens is 410 g/mol. The Bertz CT molecular complexity index is 1030. The Hall–Kier alpha value is -3.08.